The smallest absolute Gasteiger partial charge is 0.191 e. The lowest BCUT2D eigenvalue weighted by Gasteiger charge is -2.17. The Labute approximate surface area is 120 Å². The summed E-state index contributed by atoms with van der Waals surface area (Å²) in [5.41, 5.74) is 0. The van der Waals surface area contributed by atoms with Crippen LogP contribution in [0.3, 0.4) is 0 Å². The van der Waals surface area contributed by atoms with Gasteiger partial charge in [0.1, 0.15) is 0 Å². The standard InChI is InChI=1S/C13H27N3S2/c1-4-14-13(15-8-5-9-17-2)16-11-6-7-12(10-11)18-3/h11-12H,4-10H2,1-3H3,(H2,14,15,16). The molecule has 0 heterocycles. The zero-order chi connectivity index (χ0) is 13.2. The van der Waals surface area contributed by atoms with Gasteiger partial charge < -0.3 is 10.6 Å². The van der Waals surface area contributed by atoms with Crippen LogP contribution >= 0.6 is 23.5 Å². The molecule has 0 bridgehead atoms. The van der Waals surface area contributed by atoms with Crippen molar-refractivity contribution in [2.75, 3.05) is 31.4 Å². The van der Waals surface area contributed by atoms with Crippen LogP contribution in [0, 0.1) is 0 Å². The summed E-state index contributed by atoms with van der Waals surface area (Å²) >= 11 is 3.89. The van der Waals surface area contributed by atoms with Crippen molar-refractivity contribution in [2.45, 2.75) is 43.9 Å². The van der Waals surface area contributed by atoms with E-state index >= 15 is 0 Å². The molecule has 0 spiro atoms. The van der Waals surface area contributed by atoms with Crippen molar-refractivity contribution in [1.82, 2.24) is 10.6 Å². The zero-order valence-electron chi connectivity index (χ0n) is 11.9. The molecule has 3 nitrogen and oxygen atoms in total. The van der Waals surface area contributed by atoms with E-state index in [-0.39, 0.29) is 0 Å². The average molecular weight is 290 g/mol. The van der Waals surface area contributed by atoms with Crippen molar-refractivity contribution >= 4 is 29.5 Å². The van der Waals surface area contributed by atoms with Crippen LogP contribution < -0.4 is 10.6 Å². The van der Waals surface area contributed by atoms with E-state index in [1.54, 1.807) is 0 Å². The first kappa shape index (κ1) is 16.0. The lowest BCUT2D eigenvalue weighted by atomic mass is 10.2. The molecule has 5 heteroatoms. The molecule has 106 valence electrons. The molecule has 2 atom stereocenters. The van der Waals surface area contributed by atoms with E-state index in [1.807, 2.05) is 23.5 Å². The SMILES string of the molecule is CCNC(=NCCCSC)NC1CCC(SC)C1. The topological polar surface area (TPSA) is 36.4 Å². The lowest BCUT2D eigenvalue weighted by Crippen LogP contribution is -2.42. The quantitative estimate of drug-likeness (QED) is 0.429. The Kier molecular flexibility index (Phi) is 8.76. The highest BCUT2D eigenvalue weighted by Crippen LogP contribution is 2.27. The summed E-state index contributed by atoms with van der Waals surface area (Å²) in [7, 11) is 0. The molecule has 1 fully saturated rings. The van der Waals surface area contributed by atoms with Crippen molar-refractivity contribution in [2.24, 2.45) is 4.99 Å². The van der Waals surface area contributed by atoms with Gasteiger partial charge in [0.15, 0.2) is 5.96 Å². The van der Waals surface area contributed by atoms with Gasteiger partial charge in [-0.25, -0.2) is 0 Å². The Morgan fingerprint density at radius 1 is 1.33 bits per heavy atom. The molecule has 1 saturated carbocycles. The normalized spacial score (nSPS) is 24.3. The van der Waals surface area contributed by atoms with Gasteiger partial charge in [0.2, 0.25) is 0 Å². The number of hydrogen-bond donors (Lipinski definition) is 2. The third-order valence-corrected chi connectivity index (χ3v) is 4.97. The Morgan fingerprint density at radius 3 is 2.78 bits per heavy atom. The van der Waals surface area contributed by atoms with Gasteiger partial charge in [0, 0.05) is 24.4 Å². The highest BCUT2D eigenvalue weighted by molar-refractivity contribution is 7.99. The van der Waals surface area contributed by atoms with Crippen molar-refractivity contribution in [3.05, 3.63) is 0 Å². The maximum absolute atomic E-state index is 4.64. The molecule has 1 rings (SSSR count). The molecule has 1 aliphatic rings. The highest BCUT2D eigenvalue weighted by Gasteiger charge is 2.24. The first-order valence-electron chi connectivity index (χ1n) is 6.86. The minimum Gasteiger partial charge on any atom is -0.357 e. The number of aliphatic imine (C=N–C) groups is 1. The maximum Gasteiger partial charge on any atom is 0.191 e. The minimum atomic E-state index is 0.612. The van der Waals surface area contributed by atoms with Crippen LogP contribution in [0.1, 0.15) is 32.6 Å². The van der Waals surface area contributed by atoms with Gasteiger partial charge >= 0.3 is 0 Å². The van der Waals surface area contributed by atoms with Crippen molar-refractivity contribution in [1.29, 1.82) is 0 Å². The summed E-state index contributed by atoms with van der Waals surface area (Å²) in [5.74, 6) is 2.20. The minimum absolute atomic E-state index is 0.612. The van der Waals surface area contributed by atoms with Gasteiger partial charge in [-0.3, -0.25) is 4.99 Å². The highest BCUT2D eigenvalue weighted by atomic mass is 32.2. The van der Waals surface area contributed by atoms with Crippen LogP contribution in [0.4, 0.5) is 0 Å². The second kappa shape index (κ2) is 9.84. The lowest BCUT2D eigenvalue weighted by molar-refractivity contribution is 0.615. The first-order chi connectivity index (χ1) is 8.80. The summed E-state index contributed by atoms with van der Waals surface area (Å²) in [5, 5.41) is 7.76. The predicted molar refractivity (Wildman–Crippen MR) is 87.1 cm³/mol. The number of thioether (sulfide) groups is 2. The molecule has 2 unspecified atom stereocenters. The molecule has 2 N–H and O–H groups in total. The number of hydrogen-bond acceptors (Lipinski definition) is 3. The predicted octanol–water partition coefficient (Wildman–Crippen LogP) is 2.58. The number of rotatable bonds is 7. The van der Waals surface area contributed by atoms with Gasteiger partial charge in [-0.05, 0) is 50.9 Å². The van der Waals surface area contributed by atoms with E-state index in [1.165, 1.54) is 25.0 Å². The maximum atomic E-state index is 4.64. The second-order valence-corrected chi connectivity index (χ2v) is 6.74. The van der Waals surface area contributed by atoms with E-state index in [0.717, 1.165) is 30.7 Å². The molecule has 0 radical (unpaired) electrons. The number of nitrogens with one attached hydrogen (secondary N) is 2. The third-order valence-electron chi connectivity index (χ3n) is 3.18. The Hall–Kier alpha value is -0.0300. The van der Waals surface area contributed by atoms with Crippen LogP contribution in [0.25, 0.3) is 0 Å². The third kappa shape index (κ3) is 6.23. The van der Waals surface area contributed by atoms with E-state index in [0.29, 0.717) is 6.04 Å². The Morgan fingerprint density at radius 2 is 2.17 bits per heavy atom. The van der Waals surface area contributed by atoms with Crippen LogP contribution in [0.5, 0.6) is 0 Å². The van der Waals surface area contributed by atoms with Crippen molar-refractivity contribution in [3.63, 3.8) is 0 Å². The van der Waals surface area contributed by atoms with Crippen molar-refractivity contribution in [3.8, 4) is 0 Å². The molecule has 1 aliphatic carbocycles. The summed E-state index contributed by atoms with van der Waals surface area (Å²) in [6, 6.07) is 0.612. The number of nitrogens with zero attached hydrogens (tertiary/aromatic N) is 1. The van der Waals surface area contributed by atoms with Gasteiger partial charge in [-0.15, -0.1) is 0 Å². The molecule has 0 aromatic carbocycles. The summed E-state index contributed by atoms with van der Waals surface area (Å²) in [6.45, 7) is 3.99. The van der Waals surface area contributed by atoms with Crippen LogP contribution in [0.2, 0.25) is 0 Å². The Bertz CT molecular complexity index is 246. The fourth-order valence-corrected chi connectivity index (χ4v) is 3.41. The van der Waals surface area contributed by atoms with Gasteiger partial charge in [0.05, 0.1) is 0 Å². The van der Waals surface area contributed by atoms with E-state index in [9.17, 15) is 0 Å². The van der Waals surface area contributed by atoms with Crippen LogP contribution in [0.15, 0.2) is 4.99 Å². The molecule has 0 amide bonds. The van der Waals surface area contributed by atoms with Gasteiger partial charge in [-0.2, -0.15) is 23.5 Å². The zero-order valence-corrected chi connectivity index (χ0v) is 13.5. The van der Waals surface area contributed by atoms with E-state index in [4.69, 9.17) is 0 Å². The largest absolute Gasteiger partial charge is 0.357 e. The number of guanidine groups is 1. The first-order valence-corrected chi connectivity index (χ1v) is 9.54. The second-order valence-electron chi connectivity index (χ2n) is 4.62. The summed E-state index contributed by atoms with van der Waals surface area (Å²) in [4.78, 5) is 4.64. The molecular formula is C13H27N3S2. The van der Waals surface area contributed by atoms with Gasteiger partial charge in [0.25, 0.3) is 0 Å². The van der Waals surface area contributed by atoms with Crippen LogP contribution in [-0.4, -0.2) is 48.6 Å². The molecular weight excluding hydrogens is 262 g/mol. The molecule has 0 saturated heterocycles. The molecule has 18 heavy (non-hydrogen) atoms. The molecule has 0 aromatic rings. The fourth-order valence-electron chi connectivity index (χ4n) is 2.20. The average Bonchev–Trinajstić information content (AvgIpc) is 2.82. The van der Waals surface area contributed by atoms with Crippen molar-refractivity contribution < 1.29 is 0 Å². The summed E-state index contributed by atoms with van der Waals surface area (Å²) < 4.78 is 0. The molecule has 0 aliphatic heterocycles. The van der Waals surface area contributed by atoms with E-state index in [2.05, 4.69) is 35.1 Å². The van der Waals surface area contributed by atoms with Gasteiger partial charge in [-0.1, -0.05) is 0 Å². The Balaban J connectivity index is 2.32. The monoisotopic (exact) mass is 289 g/mol. The van der Waals surface area contributed by atoms with E-state index < -0.39 is 0 Å². The fraction of sp³-hybridized carbons (Fsp3) is 0.923. The molecule has 0 aromatic heterocycles. The van der Waals surface area contributed by atoms with Crippen LogP contribution in [-0.2, 0) is 0 Å². The summed E-state index contributed by atoms with van der Waals surface area (Å²) in [6.07, 6.45) is 9.42.